The summed E-state index contributed by atoms with van der Waals surface area (Å²) in [5, 5.41) is 2.77. The summed E-state index contributed by atoms with van der Waals surface area (Å²) in [5.74, 6) is -0.163. The molecule has 1 amide bonds. The summed E-state index contributed by atoms with van der Waals surface area (Å²) in [7, 11) is 0. The number of nitrogens with two attached hydrogens (primary N) is 1. The van der Waals surface area contributed by atoms with Crippen LogP contribution < -0.4 is 11.1 Å². The molecule has 0 aliphatic rings. The summed E-state index contributed by atoms with van der Waals surface area (Å²) in [5.41, 5.74) is 7.80. The Kier molecular flexibility index (Phi) is 5.94. The maximum absolute atomic E-state index is 11.8. The second-order valence-corrected chi connectivity index (χ2v) is 3.98. The van der Waals surface area contributed by atoms with Gasteiger partial charge in [-0.05, 0) is 25.0 Å². The molecule has 1 aromatic rings. The van der Waals surface area contributed by atoms with Gasteiger partial charge in [0.15, 0.2) is 0 Å². The van der Waals surface area contributed by atoms with Crippen LogP contribution in [0.5, 0.6) is 0 Å². The van der Waals surface area contributed by atoms with Crippen molar-refractivity contribution in [2.45, 2.75) is 13.3 Å². The number of nitrogens with one attached hydrogen (secondary N) is 1. The second-order valence-electron chi connectivity index (χ2n) is 3.98. The van der Waals surface area contributed by atoms with Crippen LogP contribution in [-0.2, 0) is 4.74 Å². The van der Waals surface area contributed by atoms with Crippen LogP contribution in [0.2, 0.25) is 0 Å². The predicted molar refractivity (Wildman–Crippen MR) is 73.6 cm³/mol. The average molecular weight is 248 g/mol. The van der Waals surface area contributed by atoms with Crippen LogP contribution in [0.25, 0.3) is 0 Å². The predicted octanol–water partition coefficient (Wildman–Crippen LogP) is 1.90. The molecule has 98 valence electrons. The largest absolute Gasteiger partial charge is 0.398 e. The van der Waals surface area contributed by atoms with E-state index in [9.17, 15) is 4.79 Å². The molecule has 0 radical (unpaired) electrons. The fourth-order valence-corrected chi connectivity index (χ4v) is 1.48. The number of rotatable bonds is 7. The van der Waals surface area contributed by atoms with E-state index in [2.05, 4.69) is 11.9 Å². The Hall–Kier alpha value is -1.81. The first-order valence-electron chi connectivity index (χ1n) is 5.98. The van der Waals surface area contributed by atoms with Crippen LogP contribution in [-0.4, -0.2) is 25.7 Å². The van der Waals surface area contributed by atoms with E-state index in [0.29, 0.717) is 31.0 Å². The van der Waals surface area contributed by atoms with E-state index in [1.165, 1.54) is 0 Å². The van der Waals surface area contributed by atoms with Gasteiger partial charge in [0.05, 0.1) is 18.8 Å². The summed E-state index contributed by atoms with van der Waals surface area (Å²) in [6, 6.07) is 5.42. The second kappa shape index (κ2) is 7.50. The van der Waals surface area contributed by atoms with E-state index >= 15 is 0 Å². The summed E-state index contributed by atoms with van der Waals surface area (Å²) >= 11 is 0. The third kappa shape index (κ3) is 4.22. The van der Waals surface area contributed by atoms with E-state index < -0.39 is 0 Å². The number of carbonyl (C=O) groups excluding carboxylic acids is 1. The van der Waals surface area contributed by atoms with Crippen molar-refractivity contribution in [3.8, 4) is 0 Å². The number of ether oxygens (including phenoxy) is 1. The molecule has 0 heterocycles. The molecule has 0 saturated carbocycles. The van der Waals surface area contributed by atoms with Crippen LogP contribution in [0, 0.1) is 6.92 Å². The zero-order valence-corrected chi connectivity index (χ0v) is 10.7. The van der Waals surface area contributed by atoms with Gasteiger partial charge < -0.3 is 15.8 Å². The number of amides is 1. The standard InChI is InChI=1S/C14H20N2O2/c1-3-4-9-18-10-8-16-14(17)12-7-5-6-11(2)13(12)15/h3,5-7H,1,4,8-10,15H2,2H3,(H,16,17). The van der Waals surface area contributed by atoms with Crippen LogP contribution in [0.4, 0.5) is 5.69 Å². The van der Waals surface area contributed by atoms with Crippen molar-refractivity contribution in [3.63, 3.8) is 0 Å². The molecular weight excluding hydrogens is 228 g/mol. The summed E-state index contributed by atoms with van der Waals surface area (Å²) in [6.07, 6.45) is 2.62. The quantitative estimate of drug-likeness (QED) is 0.440. The van der Waals surface area contributed by atoms with Gasteiger partial charge in [0.25, 0.3) is 5.91 Å². The van der Waals surface area contributed by atoms with Crippen molar-refractivity contribution in [3.05, 3.63) is 42.0 Å². The van der Waals surface area contributed by atoms with Crippen molar-refractivity contribution in [2.75, 3.05) is 25.5 Å². The van der Waals surface area contributed by atoms with E-state index in [4.69, 9.17) is 10.5 Å². The molecule has 0 aromatic heterocycles. The first-order chi connectivity index (χ1) is 8.66. The van der Waals surface area contributed by atoms with Crippen molar-refractivity contribution < 1.29 is 9.53 Å². The first-order valence-corrected chi connectivity index (χ1v) is 5.98. The molecule has 0 bridgehead atoms. The van der Waals surface area contributed by atoms with Crippen LogP contribution >= 0.6 is 0 Å². The first kappa shape index (κ1) is 14.3. The van der Waals surface area contributed by atoms with Gasteiger partial charge in [-0.2, -0.15) is 0 Å². The lowest BCUT2D eigenvalue weighted by Crippen LogP contribution is -2.28. The number of nitrogen functional groups attached to an aromatic ring is 1. The molecule has 3 N–H and O–H groups in total. The lowest BCUT2D eigenvalue weighted by Gasteiger charge is -2.09. The van der Waals surface area contributed by atoms with Gasteiger partial charge in [0, 0.05) is 12.2 Å². The Morgan fingerprint density at radius 1 is 1.50 bits per heavy atom. The number of aryl methyl sites for hydroxylation is 1. The minimum Gasteiger partial charge on any atom is -0.398 e. The van der Waals surface area contributed by atoms with Gasteiger partial charge in [-0.3, -0.25) is 4.79 Å². The number of hydrogen-bond acceptors (Lipinski definition) is 3. The molecule has 0 aliphatic heterocycles. The molecule has 0 atom stereocenters. The van der Waals surface area contributed by atoms with Crippen molar-refractivity contribution in [1.29, 1.82) is 0 Å². The van der Waals surface area contributed by atoms with E-state index in [0.717, 1.165) is 12.0 Å². The Balaban J connectivity index is 2.37. The maximum Gasteiger partial charge on any atom is 0.253 e. The normalized spacial score (nSPS) is 10.1. The molecule has 1 aromatic carbocycles. The summed E-state index contributed by atoms with van der Waals surface area (Å²) in [6.45, 7) is 7.08. The number of benzene rings is 1. The topological polar surface area (TPSA) is 64.3 Å². The van der Waals surface area contributed by atoms with Crippen molar-refractivity contribution in [2.24, 2.45) is 0 Å². The highest BCUT2D eigenvalue weighted by Crippen LogP contribution is 2.15. The molecular formula is C14H20N2O2. The molecule has 1 rings (SSSR count). The number of anilines is 1. The van der Waals surface area contributed by atoms with Crippen LogP contribution in [0.3, 0.4) is 0 Å². The maximum atomic E-state index is 11.8. The SMILES string of the molecule is C=CCCOCCNC(=O)c1cccc(C)c1N. The molecule has 0 saturated heterocycles. The molecule has 0 unspecified atom stereocenters. The van der Waals surface area contributed by atoms with E-state index in [1.807, 2.05) is 19.1 Å². The van der Waals surface area contributed by atoms with Gasteiger partial charge in [-0.15, -0.1) is 6.58 Å². The zero-order chi connectivity index (χ0) is 13.4. The molecule has 0 aliphatic carbocycles. The minimum atomic E-state index is -0.163. The number of carbonyl (C=O) groups is 1. The fraction of sp³-hybridized carbons (Fsp3) is 0.357. The van der Waals surface area contributed by atoms with Crippen LogP contribution in [0.15, 0.2) is 30.9 Å². The highest BCUT2D eigenvalue weighted by molar-refractivity contribution is 5.99. The monoisotopic (exact) mass is 248 g/mol. The Labute approximate surface area is 108 Å². The summed E-state index contributed by atoms with van der Waals surface area (Å²) in [4.78, 5) is 11.8. The van der Waals surface area contributed by atoms with Gasteiger partial charge in [0.1, 0.15) is 0 Å². The minimum absolute atomic E-state index is 0.163. The van der Waals surface area contributed by atoms with Crippen LogP contribution in [0.1, 0.15) is 22.3 Å². The highest BCUT2D eigenvalue weighted by atomic mass is 16.5. The van der Waals surface area contributed by atoms with Crippen molar-refractivity contribution >= 4 is 11.6 Å². The van der Waals surface area contributed by atoms with Gasteiger partial charge in [-0.25, -0.2) is 0 Å². The Morgan fingerprint density at radius 3 is 3.00 bits per heavy atom. The third-order valence-corrected chi connectivity index (χ3v) is 2.57. The molecule has 4 nitrogen and oxygen atoms in total. The lowest BCUT2D eigenvalue weighted by atomic mass is 10.1. The third-order valence-electron chi connectivity index (χ3n) is 2.57. The molecule has 18 heavy (non-hydrogen) atoms. The fourth-order valence-electron chi connectivity index (χ4n) is 1.48. The van der Waals surface area contributed by atoms with Gasteiger partial charge in [-0.1, -0.05) is 18.2 Å². The number of para-hydroxylation sites is 1. The highest BCUT2D eigenvalue weighted by Gasteiger charge is 2.09. The van der Waals surface area contributed by atoms with Gasteiger partial charge in [0.2, 0.25) is 0 Å². The molecule has 0 spiro atoms. The average Bonchev–Trinajstić information content (AvgIpc) is 2.36. The molecule has 0 fully saturated rings. The smallest absolute Gasteiger partial charge is 0.253 e. The zero-order valence-electron chi connectivity index (χ0n) is 10.7. The van der Waals surface area contributed by atoms with E-state index in [1.54, 1.807) is 12.1 Å². The lowest BCUT2D eigenvalue weighted by molar-refractivity contribution is 0.0918. The number of hydrogen-bond donors (Lipinski definition) is 2. The molecule has 4 heteroatoms. The van der Waals surface area contributed by atoms with Crippen molar-refractivity contribution in [1.82, 2.24) is 5.32 Å². The Bertz CT molecular complexity index is 416. The summed E-state index contributed by atoms with van der Waals surface area (Å²) < 4.78 is 5.30. The van der Waals surface area contributed by atoms with E-state index in [-0.39, 0.29) is 5.91 Å². The Morgan fingerprint density at radius 2 is 2.28 bits per heavy atom. The van der Waals surface area contributed by atoms with Gasteiger partial charge >= 0.3 is 0 Å².